The number of fused-ring (bicyclic) bond motifs is 1. The molecule has 1 aromatic rings. The number of nitrogens with one attached hydrogen (secondary N) is 2. The molecule has 0 aliphatic carbocycles. The summed E-state index contributed by atoms with van der Waals surface area (Å²) in [6, 6.07) is 2.79. The van der Waals surface area contributed by atoms with Crippen LogP contribution in [0.3, 0.4) is 0 Å². The number of sulfonamides is 1. The van der Waals surface area contributed by atoms with E-state index in [1.54, 1.807) is 16.3 Å². The van der Waals surface area contributed by atoms with E-state index >= 15 is 0 Å². The Morgan fingerprint density at radius 1 is 1.39 bits per heavy atom. The lowest BCUT2D eigenvalue weighted by molar-refractivity contribution is -0.139. The van der Waals surface area contributed by atoms with Crippen LogP contribution in [-0.2, 0) is 19.6 Å². The molecular weight excluding hydrogens is 340 g/mol. The summed E-state index contributed by atoms with van der Waals surface area (Å²) < 4.78 is 26.5. The Balaban J connectivity index is 1.58. The molecule has 2 aliphatic heterocycles. The largest absolute Gasteiger partial charge is 0.353 e. The molecule has 0 aromatic carbocycles. The first-order valence-electron chi connectivity index (χ1n) is 7.30. The third kappa shape index (κ3) is 3.55. The van der Waals surface area contributed by atoms with Crippen LogP contribution >= 0.6 is 11.3 Å². The number of hydrogen-bond donors (Lipinski definition) is 2. The molecule has 3 rings (SSSR count). The Morgan fingerprint density at radius 3 is 2.96 bits per heavy atom. The lowest BCUT2D eigenvalue weighted by atomic mass is 10.1. The average Bonchev–Trinajstić information content (AvgIpc) is 3.08. The van der Waals surface area contributed by atoms with Crippen LogP contribution in [0.1, 0.15) is 0 Å². The summed E-state index contributed by atoms with van der Waals surface area (Å²) in [5, 5.41) is 4.45. The number of amides is 2. The standard InChI is InChI=1S/C13H18N4O4S2/c18-11(8-15-23(20,21)12-2-1-7-22-12)17-6-5-16-4-3-14-13(19)10(16)9-17/h1-2,7,10,15H,3-6,8-9H2,(H,14,19)/t10-/m1/s1. The summed E-state index contributed by atoms with van der Waals surface area (Å²) in [5.74, 6) is -0.393. The maximum atomic E-state index is 12.2. The first kappa shape index (κ1) is 16.4. The zero-order valence-electron chi connectivity index (χ0n) is 12.4. The molecule has 0 unspecified atom stereocenters. The van der Waals surface area contributed by atoms with Crippen LogP contribution in [0.5, 0.6) is 0 Å². The van der Waals surface area contributed by atoms with E-state index in [2.05, 4.69) is 14.9 Å². The second-order valence-corrected chi connectivity index (χ2v) is 8.38. The van der Waals surface area contributed by atoms with E-state index in [1.807, 2.05) is 0 Å². The first-order chi connectivity index (χ1) is 11.0. The number of piperazine rings is 2. The number of thiophene rings is 1. The van der Waals surface area contributed by atoms with Crippen molar-refractivity contribution in [1.82, 2.24) is 19.8 Å². The first-order valence-corrected chi connectivity index (χ1v) is 9.66. The summed E-state index contributed by atoms with van der Waals surface area (Å²) in [6.07, 6.45) is 0. The highest BCUT2D eigenvalue weighted by Crippen LogP contribution is 2.16. The molecule has 2 saturated heterocycles. The summed E-state index contributed by atoms with van der Waals surface area (Å²) in [6.45, 7) is 2.54. The Morgan fingerprint density at radius 2 is 2.22 bits per heavy atom. The van der Waals surface area contributed by atoms with E-state index in [9.17, 15) is 18.0 Å². The summed E-state index contributed by atoms with van der Waals surface area (Å²) in [4.78, 5) is 27.7. The number of carbonyl (C=O) groups is 2. The highest BCUT2D eigenvalue weighted by atomic mass is 32.2. The SMILES string of the molecule is O=C1NCCN2CCN(C(=O)CNS(=O)(=O)c3cccs3)C[C@H]12. The topological polar surface area (TPSA) is 98.8 Å². The van der Waals surface area contributed by atoms with Gasteiger partial charge in [-0.3, -0.25) is 14.5 Å². The molecule has 2 amide bonds. The van der Waals surface area contributed by atoms with Gasteiger partial charge in [-0.2, -0.15) is 0 Å². The molecule has 126 valence electrons. The Bertz CT molecular complexity index is 689. The van der Waals surface area contributed by atoms with Crippen molar-refractivity contribution in [2.75, 3.05) is 39.3 Å². The zero-order valence-corrected chi connectivity index (χ0v) is 14.0. The molecule has 3 heterocycles. The van der Waals surface area contributed by atoms with Crippen molar-refractivity contribution < 1.29 is 18.0 Å². The van der Waals surface area contributed by atoms with Crippen LogP contribution in [-0.4, -0.2) is 75.3 Å². The number of rotatable bonds is 4. The van der Waals surface area contributed by atoms with E-state index < -0.39 is 10.0 Å². The summed E-state index contributed by atoms with van der Waals surface area (Å²) in [7, 11) is -3.65. The van der Waals surface area contributed by atoms with Gasteiger partial charge in [-0.15, -0.1) is 11.3 Å². The van der Waals surface area contributed by atoms with Gasteiger partial charge in [0.1, 0.15) is 10.3 Å². The fourth-order valence-electron chi connectivity index (χ4n) is 2.76. The molecule has 10 heteroatoms. The Kier molecular flexibility index (Phi) is 4.67. The van der Waals surface area contributed by atoms with Gasteiger partial charge in [0.2, 0.25) is 11.8 Å². The van der Waals surface area contributed by atoms with E-state index in [1.165, 1.54) is 6.07 Å². The maximum absolute atomic E-state index is 12.2. The van der Waals surface area contributed by atoms with Crippen LogP contribution in [0.4, 0.5) is 0 Å². The number of hydrogen-bond acceptors (Lipinski definition) is 6. The number of carbonyl (C=O) groups excluding carboxylic acids is 2. The summed E-state index contributed by atoms with van der Waals surface area (Å²) >= 11 is 1.10. The minimum absolute atomic E-state index is 0.0760. The van der Waals surface area contributed by atoms with Crippen LogP contribution in [0, 0.1) is 0 Å². The minimum Gasteiger partial charge on any atom is -0.353 e. The van der Waals surface area contributed by atoms with Gasteiger partial charge >= 0.3 is 0 Å². The molecule has 8 nitrogen and oxygen atoms in total. The van der Waals surface area contributed by atoms with Gasteiger partial charge in [0, 0.05) is 32.7 Å². The third-order valence-corrected chi connectivity index (χ3v) is 6.82. The minimum atomic E-state index is -3.65. The highest BCUT2D eigenvalue weighted by Gasteiger charge is 2.36. The van der Waals surface area contributed by atoms with E-state index in [4.69, 9.17) is 0 Å². The van der Waals surface area contributed by atoms with Gasteiger partial charge in [0.15, 0.2) is 0 Å². The van der Waals surface area contributed by atoms with Gasteiger partial charge in [-0.1, -0.05) is 6.07 Å². The quantitative estimate of drug-likeness (QED) is 0.695. The third-order valence-electron chi connectivity index (χ3n) is 4.02. The molecular formula is C13H18N4O4S2. The predicted molar refractivity (Wildman–Crippen MR) is 84.5 cm³/mol. The zero-order chi connectivity index (χ0) is 16.4. The van der Waals surface area contributed by atoms with Gasteiger partial charge in [0.05, 0.1) is 6.54 Å². The highest BCUT2D eigenvalue weighted by molar-refractivity contribution is 7.91. The van der Waals surface area contributed by atoms with E-state index in [0.29, 0.717) is 26.2 Å². The van der Waals surface area contributed by atoms with E-state index in [0.717, 1.165) is 17.9 Å². The van der Waals surface area contributed by atoms with Crippen LogP contribution in [0.2, 0.25) is 0 Å². The van der Waals surface area contributed by atoms with Gasteiger partial charge in [-0.05, 0) is 11.4 Å². The van der Waals surface area contributed by atoms with Gasteiger partial charge in [-0.25, -0.2) is 13.1 Å². The Hall–Kier alpha value is -1.49. The molecule has 2 fully saturated rings. The molecule has 2 N–H and O–H groups in total. The fourth-order valence-corrected chi connectivity index (χ4v) is 4.77. The van der Waals surface area contributed by atoms with Crippen molar-refractivity contribution in [3.63, 3.8) is 0 Å². The van der Waals surface area contributed by atoms with Crippen molar-refractivity contribution in [3.8, 4) is 0 Å². The lowest BCUT2D eigenvalue weighted by Crippen LogP contribution is -2.65. The fraction of sp³-hybridized carbons (Fsp3) is 0.538. The maximum Gasteiger partial charge on any atom is 0.250 e. The van der Waals surface area contributed by atoms with E-state index in [-0.39, 0.29) is 28.6 Å². The van der Waals surface area contributed by atoms with Crippen molar-refractivity contribution in [3.05, 3.63) is 17.5 Å². The van der Waals surface area contributed by atoms with Crippen LogP contribution < -0.4 is 10.0 Å². The van der Waals surface area contributed by atoms with Crippen LogP contribution in [0.25, 0.3) is 0 Å². The molecule has 0 radical (unpaired) electrons. The van der Waals surface area contributed by atoms with Gasteiger partial charge in [0.25, 0.3) is 10.0 Å². The lowest BCUT2D eigenvalue weighted by Gasteiger charge is -2.43. The van der Waals surface area contributed by atoms with Crippen LogP contribution in [0.15, 0.2) is 21.7 Å². The molecule has 1 aromatic heterocycles. The Labute approximate surface area is 138 Å². The van der Waals surface area contributed by atoms with Crippen molar-refractivity contribution in [1.29, 1.82) is 0 Å². The molecule has 2 aliphatic rings. The smallest absolute Gasteiger partial charge is 0.250 e. The van der Waals surface area contributed by atoms with Crippen molar-refractivity contribution >= 4 is 33.2 Å². The van der Waals surface area contributed by atoms with Crippen molar-refractivity contribution in [2.45, 2.75) is 10.3 Å². The molecule has 0 spiro atoms. The summed E-state index contributed by atoms with van der Waals surface area (Å²) in [5.41, 5.74) is 0. The second kappa shape index (κ2) is 6.56. The molecule has 23 heavy (non-hydrogen) atoms. The normalized spacial score (nSPS) is 22.5. The molecule has 0 saturated carbocycles. The predicted octanol–water partition coefficient (Wildman–Crippen LogP) is -1.33. The molecule has 0 bridgehead atoms. The number of nitrogens with zero attached hydrogens (tertiary/aromatic N) is 2. The van der Waals surface area contributed by atoms with Crippen molar-refractivity contribution in [2.24, 2.45) is 0 Å². The average molecular weight is 358 g/mol. The monoisotopic (exact) mass is 358 g/mol. The second-order valence-electron chi connectivity index (χ2n) is 5.44. The van der Waals surface area contributed by atoms with Gasteiger partial charge < -0.3 is 10.2 Å². The molecule has 1 atom stereocenters.